The van der Waals surface area contributed by atoms with Crippen molar-refractivity contribution in [2.24, 2.45) is 0 Å². The highest BCUT2D eigenvalue weighted by Crippen LogP contribution is 2.14. The second kappa shape index (κ2) is 7.74. The number of aryl methyl sites for hydroxylation is 1. The Bertz CT molecular complexity index is 418. The molecule has 106 valence electrons. The summed E-state index contributed by atoms with van der Waals surface area (Å²) in [6.07, 6.45) is 3.69. The minimum absolute atomic E-state index is 0.0679. The number of amides is 1. The van der Waals surface area contributed by atoms with Crippen LogP contribution in [0.15, 0.2) is 12.3 Å². The van der Waals surface area contributed by atoms with Gasteiger partial charge in [-0.15, -0.1) is 0 Å². The van der Waals surface area contributed by atoms with Gasteiger partial charge < -0.3 is 15.5 Å². The monoisotopic (exact) mass is 264 g/mol. The number of nitrogens with zero attached hydrogens (tertiary/aromatic N) is 2. The minimum Gasteiger partial charge on any atom is -0.387 e. The molecule has 0 saturated heterocycles. The van der Waals surface area contributed by atoms with E-state index in [1.165, 1.54) is 0 Å². The number of rotatable bonds is 7. The van der Waals surface area contributed by atoms with Crippen molar-refractivity contribution in [1.82, 2.24) is 15.2 Å². The molecular formula is C14H24N4O. The van der Waals surface area contributed by atoms with Crippen LogP contribution in [0.2, 0.25) is 0 Å². The number of pyridine rings is 1. The molecule has 0 spiro atoms. The molecule has 5 heteroatoms. The molecule has 0 unspecified atom stereocenters. The zero-order chi connectivity index (χ0) is 14.3. The Hall–Kier alpha value is -1.62. The lowest BCUT2D eigenvalue weighted by atomic mass is 10.2. The van der Waals surface area contributed by atoms with Crippen molar-refractivity contribution >= 4 is 11.6 Å². The first-order valence-electron chi connectivity index (χ1n) is 6.62. The van der Waals surface area contributed by atoms with Crippen molar-refractivity contribution in [1.29, 1.82) is 0 Å². The van der Waals surface area contributed by atoms with Crippen LogP contribution >= 0.6 is 0 Å². The van der Waals surface area contributed by atoms with Crippen LogP contribution in [0.25, 0.3) is 0 Å². The summed E-state index contributed by atoms with van der Waals surface area (Å²) in [7, 11) is 5.91. The van der Waals surface area contributed by atoms with E-state index in [-0.39, 0.29) is 5.91 Å². The van der Waals surface area contributed by atoms with Crippen LogP contribution in [-0.2, 0) is 0 Å². The fourth-order valence-electron chi connectivity index (χ4n) is 1.80. The summed E-state index contributed by atoms with van der Waals surface area (Å²) in [6, 6.07) is 1.88. The molecule has 1 rings (SSSR count). The number of nitrogens with one attached hydrogen (secondary N) is 2. The van der Waals surface area contributed by atoms with Gasteiger partial charge in [0, 0.05) is 25.5 Å². The Labute approximate surface area is 115 Å². The van der Waals surface area contributed by atoms with Crippen LogP contribution < -0.4 is 10.6 Å². The molecule has 0 radical (unpaired) electrons. The van der Waals surface area contributed by atoms with Crippen molar-refractivity contribution in [3.05, 3.63) is 23.5 Å². The number of carbonyl (C=O) groups is 1. The van der Waals surface area contributed by atoms with Gasteiger partial charge in [0.15, 0.2) is 0 Å². The molecule has 2 N–H and O–H groups in total. The predicted molar refractivity (Wildman–Crippen MR) is 78.6 cm³/mol. The van der Waals surface area contributed by atoms with E-state index in [1.54, 1.807) is 6.20 Å². The van der Waals surface area contributed by atoms with E-state index in [0.29, 0.717) is 12.1 Å². The van der Waals surface area contributed by atoms with Gasteiger partial charge >= 0.3 is 0 Å². The molecule has 0 saturated carbocycles. The zero-order valence-corrected chi connectivity index (χ0v) is 12.3. The lowest BCUT2D eigenvalue weighted by Gasteiger charge is -2.11. The van der Waals surface area contributed by atoms with Crippen molar-refractivity contribution in [2.45, 2.75) is 19.8 Å². The standard InChI is InChI=1S/C14H24N4O/c1-11-9-13(15-2)12(10-17-11)14(19)16-7-5-6-8-18(3)4/h9-10H,5-8H2,1-4H3,(H,15,17)(H,16,19). The molecule has 0 aliphatic heterocycles. The van der Waals surface area contributed by atoms with Gasteiger partial charge in [-0.05, 0) is 46.5 Å². The van der Waals surface area contributed by atoms with E-state index in [0.717, 1.165) is 30.8 Å². The third-order valence-corrected chi connectivity index (χ3v) is 2.87. The van der Waals surface area contributed by atoms with Crippen molar-refractivity contribution in [3.63, 3.8) is 0 Å². The third kappa shape index (κ3) is 5.26. The SMILES string of the molecule is CNc1cc(C)ncc1C(=O)NCCCCN(C)C. The smallest absolute Gasteiger partial charge is 0.254 e. The van der Waals surface area contributed by atoms with E-state index in [4.69, 9.17) is 0 Å². The topological polar surface area (TPSA) is 57.3 Å². The summed E-state index contributed by atoms with van der Waals surface area (Å²) in [5.41, 5.74) is 2.31. The van der Waals surface area contributed by atoms with Crippen molar-refractivity contribution in [2.75, 3.05) is 39.5 Å². The molecule has 1 heterocycles. The molecule has 1 aromatic heterocycles. The van der Waals surface area contributed by atoms with Crippen molar-refractivity contribution < 1.29 is 4.79 Å². The average molecular weight is 264 g/mol. The molecule has 1 amide bonds. The van der Waals surface area contributed by atoms with Crippen LogP contribution in [-0.4, -0.2) is 50.0 Å². The first kappa shape index (κ1) is 15.4. The molecule has 0 aliphatic rings. The Morgan fingerprint density at radius 3 is 2.74 bits per heavy atom. The minimum atomic E-state index is -0.0679. The maximum absolute atomic E-state index is 12.0. The number of hydrogen-bond acceptors (Lipinski definition) is 4. The summed E-state index contributed by atoms with van der Waals surface area (Å²) < 4.78 is 0. The van der Waals surface area contributed by atoms with Gasteiger partial charge in [0.1, 0.15) is 0 Å². The van der Waals surface area contributed by atoms with Gasteiger partial charge in [0.2, 0.25) is 0 Å². The van der Waals surface area contributed by atoms with Crippen LogP contribution in [0.3, 0.4) is 0 Å². The first-order chi connectivity index (χ1) is 9.04. The summed E-state index contributed by atoms with van der Waals surface area (Å²) in [6.45, 7) is 3.65. The van der Waals surface area contributed by atoms with Crippen LogP contribution in [0.4, 0.5) is 5.69 Å². The van der Waals surface area contributed by atoms with E-state index in [9.17, 15) is 4.79 Å². The lowest BCUT2D eigenvalue weighted by molar-refractivity contribution is 0.0953. The lowest BCUT2D eigenvalue weighted by Crippen LogP contribution is -2.26. The number of anilines is 1. The Morgan fingerprint density at radius 2 is 2.11 bits per heavy atom. The molecule has 0 atom stereocenters. The van der Waals surface area contributed by atoms with Crippen LogP contribution in [0, 0.1) is 6.92 Å². The number of aromatic nitrogens is 1. The van der Waals surface area contributed by atoms with Crippen LogP contribution in [0.1, 0.15) is 28.9 Å². The number of hydrogen-bond donors (Lipinski definition) is 2. The molecule has 0 aromatic carbocycles. The van der Waals surface area contributed by atoms with E-state index < -0.39 is 0 Å². The Kier molecular flexibility index (Phi) is 6.29. The maximum atomic E-state index is 12.0. The average Bonchev–Trinajstić information content (AvgIpc) is 2.37. The highest BCUT2D eigenvalue weighted by molar-refractivity contribution is 5.99. The number of carbonyl (C=O) groups excluding carboxylic acids is 1. The quantitative estimate of drug-likeness (QED) is 0.733. The summed E-state index contributed by atoms with van der Waals surface area (Å²) in [5.74, 6) is -0.0679. The molecular weight excluding hydrogens is 240 g/mol. The zero-order valence-electron chi connectivity index (χ0n) is 12.3. The highest BCUT2D eigenvalue weighted by atomic mass is 16.1. The van der Waals surface area contributed by atoms with Gasteiger partial charge in [0.25, 0.3) is 5.91 Å². The maximum Gasteiger partial charge on any atom is 0.254 e. The Balaban J connectivity index is 2.45. The Morgan fingerprint density at radius 1 is 1.37 bits per heavy atom. The number of unbranched alkanes of at least 4 members (excludes halogenated alkanes) is 1. The predicted octanol–water partition coefficient (Wildman–Crippen LogP) is 1.50. The second-order valence-electron chi connectivity index (χ2n) is 4.89. The van der Waals surface area contributed by atoms with E-state index in [2.05, 4.69) is 34.6 Å². The van der Waals surface area contributed by atoms with Gasteiger partial charge in [0.05, 0.1) is 11.3 Å². The molecule has 0 bridgehead atoms. The van der Waals surface area contributed by atoms with E-state index in [1.807, 2.05) is 20.0 Å². The van der Waals surface area contributed by atoms with Crippen LogP contribution in [0.5, 0.6) is 0 Å². The van der Waals surface area contributed by atoms with Gasteiger partial charge in [-0.25, -0.2) is 0 Å². The largest absolute Gasteiger partial charge is 0.387 e. The fourth-order valence-corrected chi connectivity index (χ4v) is 1.80. The first-order valence-corrected chi connectivity index (χ1v) is 6.62. The molecule has 1 aromatic rings. The van der Waals surface area contributed by atoms with Crippen molar-refractivity contribution in [3.8, 4) is 0 Å². The third-order valence-electron chi connectivity index (χ3n) is 2.87. The van der Waals surface area contributed by atoms with Gasteiger partial charge in [-0.3, -0.25) is 9.78 Å². The molecule has 19 heavy (non-hydrogen) atoms. The molecule has 5 nitrogen and oxygen atoms in total. The second-order valence-corrected chi connectivity index (χ2v) is 4.89. The summed E-state index contributed by atoms with van der Waals surface area (Å²) in [4.78, 5) is 18.3. The van der Waals surface area contributed by atoms with Gasteiger partial charge in [-0.2, -0.15) is 0 Å². The fraction of sp³-hybridized carbons (Fsp3) is 0.571. The molecule has 0 aliphatic carbocycles. The van der Waals surface area contributed by atoms with E-state index >= 15 is 0 Å². The normalized spacial score (nSPS) is 10.6. The molecule has 0 fully saturated rings. The van der Waals surface area contributed by atoms with Gasteiger partial charge in [-0.1, -0.05) is 0 Å². The summed E-state index contributed by atoms with van der Waals surface area (Å²) in [5, 5.41) is 5.96. The highest BCUT2D eigenvalue weighted by Gasteiger charge is 2.10. The summed E-state index contributed by atoms with van der Waals surface area (Å²) >= 11 is 0.